The molecular weight excluding hydrogens is 266 g/mol. The van der Waals surface area contributed by atoms with Crippen molar-refractivity contribution in [3.05, 3.63) is 23.8 Å². The Morgan fingerprint density at radius 2 is 1.90 bits per heavy atom. The molecule has 1 N–H and O–H groups in total. The second-order valence-corrected chi connectivity index (χ2v) is 5.80. The van der Waals surface area contributed by atoms with Gasteiger partial charge < -0.3 is 14.8 Å². The fourth-order valence-electron chi connectivity index (χ4n) is 2.96. The fourth-order valence-corrected chi connectivity index (χ4v) is 2.96. The lowest BCUT2D eigenvalue weighted by Crippen LogP contribution is -2.41. The van der Waals surface area contributed by atoms with E-state index in [2.05, 4.69) is 12.2 Å². The standard InChI is InChI=1S/C17H25NO3/c1-12-6-4-5-7-14(12)18-17(19)11-13-8-9-15(20-2)16(10-13)21-3/h8-10,12,14H,4-7,11H2,1-3H3,(H,18,19). The minimum Gasteiger partial charge on any atom is -0.493 e. The minimum atomic E-state index is 0.0842. The van der Waals surface area contributed by atoms with Gasteiger partial charge in [-0.05, 0) is 36.5 Å². The van der Waals surface area contributed by atoms with Gasteiger partial charge in [0.15, 0.2) is 11.5 Å². The first kappa shape index (κ1) is 15.7. The number of rotatable bonds is 5. The topological polar surface area (TPSA) is 47.6 Å². The van der Waals surface area contributed by atoms with E-state index in [9.17, 15) is 4.79 Å². The first-order chi connectivity index (χ1) is 10.1. The largest absolute Gasteiger partial charge is 0.493 e. The highest BCUT2D eigenvalue weighted by Crippen LogP contribution is 2.28. The zero-order chi connectivity index (χ0) is 15.2. The third kappa shape index (κ3) is 4.13. The molecule has 1 aliphatic carbocycles. The van der Waals surface area contributed by atoms with Crippen molar-refractivity contribution >= 4 is 5.91 Å². The van der Waals surface area contributed by atoms with Gasteiger partial charge >= 0.3 is 0 Å². The molecule has 4 nitrogen and oxygen atoms in total. The number of carbonyl (C=O) groups is 1. The van der Waals surface area contributed by atoms with Crippen molar-refractivity contribution in [2.24, 2.45) is 5.92 Å². The summed E-state index contributed by atoms with van der Waals surface area (Å²) in [5, 5.41) is 3.17. The first-order valence-electron chi connectivity index (χ1n) is 7.64. The van der Waals surface area contributed by atoms with E-state index in [-0.39, 0.29) is 5.91 Å². The zero-order valence-corrected chi connectivity index (χ0v) is 13.1. The summed E-state index contributed by atoms with van der Waals surface area (Å²) in [4.78, 5) is 12.2. The van der Waals surface area contributed by atoms with Crippen molar-refractivity contribution in [3.63, 3.8) is 0 Å². The van der Waals surface area contributed by atoms with Gasteiger partial charge in [0.1, 0.15) is 0 Å². The minimum absolute atomic E-state index is 0.0842. The van der Waals surface area contributed by atoms with Crippen molar-refractivity contribution in [1.82, 2.24) is 5.32 Å². The number of ether oxygens (including phenoxy) is 2. The molecule has 1 aromatic rings. The molecule has 0 saturated heterocycles. The third-order valence-corrected chi connectivity index (χ3v) is 4.27. The Labute approximate surface area is 126 Å². The molecule has 1 fully saturated rings. The second-order valence-electron chi connectivity index (χ2n) is 5.80. The quantitative estimate of drug-likeness (QED) is 0.907. The van der Waals surface area contributed by atoms with Crippen molar-refractivity contribution in [1.29, 1.82) is 0 Å². The second kappa shape index (κ2) is 7.34. The van der Waals surface area contributed by atoms with E-state index in [1.54, 1.807) is 14.2 Å². The molecule has 4 heteroatoms. The summed E-state index contributed by atoms with van der Waals surface area (Å²) in [6.07, 6.45) is 5.18. The van der Waals surface area contributed by atoms with Crippen molar-refractivity contribution in [3.8, 4) is 11.5 Å². The van der Waals surface area contributed by atoms with Crippen LogP contribution in [0.25, 0.3) is 0 Å². The summed E-state index contributed by atoms with van der Waals surface area (Å²) in [6, 6.07) is 5.94. The van der Waals surface area contributed by atoms with Gasteiger partial charge in [-0.25, -0.2) is 0 Å². The Morgan fingerprint density at radius 1 is 1.19 bits per heavy atom. The van der Waals surface area contributed by atoms with Crippen LogP contribution in [0.4, 0.5) is 0 Å². The van der Waals surface area contributed by atoms with E-state index in [4.69, 9.17) is 9.47 Å². The predicted octanol–water partition coefficient (Wildman–Crippen LogP) is 2.94. The van der Waals surface area contributed by atoms with Crippen LogP contribution in [0.1, 0.15) is 38.2 Å². The Balaban J connectivity index is 1.96. The van der Waals surface area contributed by atoms with E-state index in [0.717, 1.165) is 12.0 Å². The average molecular weight is 291 g/mol. The number of nitrogens with one attached hydrogen (secondary N) is 1. The Bertz CT molecular complexity index is 487. The van der Waals surface area contributed by atoms with Gasteiger partial charge in [0.2, 0.25) is 5.91 Å². The maximum atomic E-state index is 12.2. The van der Waals surface area contributed by atoms with Crippen LogP contribution in [0.3, 0.4) is 0 Å². The predicted molar refractivity (Wildman–Crippen MR) is 82.8 cm³/mol. The number of hydrogen-bond acceptors (Lipinski definition) is 3. The number of hydrogen-bond donors (Lipinski definition) is 1. The maximum absolute atomic E-state index is 12.2. The molecule has 2 atom stereocenters. The molecule has 1 aromatic carbocycles. The summed E-state index contributed by atoms with van der Waals surface area (Å²) < 4.78 is 10.5. The van der Waals surface area contributed by atoms with Gasteiger partial charge in [0.25, 0.3) is 0 Å². The molecule has 116 valence electrons. The van der Waals surface area contributed by atoms with Gasteiger partial charge in [-0.1, -0.05) is 25.8 Å². The zero-order valence-electron chi connectivity index (χ0n) is 13.1. The van der Waals surface area contributed by atoms with Gasteiger partial charge in [-0.2, -0.15) is 0 Å². The highest BCUT2D eigenvalue weighted by atomic mass is 16.5. The molecule has 0 spiro atoms. The highest BCUT2D eigenvalue weighted by Gasteiger charge is 2.22. The van der Waals surface area contributed by atoms with Crippen LogP contribution in [0.15, 0.2) is 18.2 Å². The summed E-state index contributed by atoms with van der Waals surface area (Å²) in [5.41, 5.74) is 0.939. The average Bonchev–Trinajstić information content (AvgIpc) is 2.49. The molecule has 1 aliphatic rings. The molecule has 1 saturated carbocycles. The highest BCUT2D eigenvalue weighted by molar-refractivity contribution is 5.79. The van der Waals surface area contributed by atoms with E-state index in [1.807, 2.05) is 18.2 Å². The number of carbonyl (C=O) groups excluding carboxylic acids is 1. The molecule has 0 aromatic heterocycles. The van der Waals surface area contributed by atoms with E-state index in [0.29, 0.717) is 29.9 Å². The van der Waals surface area contributed by atoms with Crippen LogP contribution >= 0.6 is 0 Å². The van der Waals surface area contributed by atoms with Crippen molar-refractivity contribution in [2.75, 3.05) is 14.2 Å². The normalized spacial score (nSPS) is 21.7. The molecule has 0 heterocycles. The van der Waals surface area contributed by atoms with Crippen LogP contribution in [-0.2, 0) is 11.2 Å². The van der Waals surface area contributed by atoms with E-state index in [1.165, 1.54) is 19.3 Å². The van der Waals surface area contributed by atoms with Crippen LogP contribution in [0, 0.1) is 5.92 Å². The van der Waals surface area contributed by atoms with Gasteiger partial charge in [0.05, 0.1) is 20.6 Å². The molecule has 0 radical (unpaired) electrons. The smallest absolute Gasteiger partial charge is 0.224 e. The molecule has 1 amide bonds. The molecule has 2 unspecified atom stereocenters. The fraction of sp³-hybridized carbons (Fsp3) is 0.588. The molecule has 2 rings (SSSR count). The van der Waals surface area contributed by atoms with Crippen molar-refractivity contribution < 1.29 is 14.3 Å². The van der Waals surface area contributed by atoms with Crippen LogP contribution in [-0.4, -0.2) is 26.2 Å². The van der Waals surface area contributed by atoms with Crippen molar-refractivity contribution in [2.45, 2.75) is 45.1 Å². The molecular formula is C17H25NO3. The van der Waals surface area contributed by atoms with Gasteiger partial charge in [0, 0.05) is 6.04 Å². The van der Waals surface area contributed by atoms with Crippen LogP contribution < -0.4 is 14.8 Å². The molecule has 0 aliphatic heterocycles. The van der Waals surface area contributed by atoms with Gasteiger partial charge in [-0.15, -0.1) is 0 Å². The number of methoxy groups -OCH3 is 2. The lowest BCUT2D eigenvalue weighted by atomic mass is 9.86. The van der Waals surface area contributed by atoms with E-state index < -0.39 is 0 Å². The SMILES string of the molecule is COc1ccc(CC(=O)NC2CCCCC2C)cc1OC. The molecule has 21 heavy (non-hydrogen) atoms. The lowest BCUT2D eigenvalue weighted by Gasteiger charge is -2.29. The third-order valence-electron chi connectivity index (χ3n) is 4.27. The van der Waals surface area contributed by atoms with Crippen LogP contribution in [0.5, 0.6) is 11.5 Å². The van der Waals surface area contributed by atoms with E-state index >= 15 is 0 Å². The van der Waals surface area contributed by atoms with Gasteiger partial charge in [-0.3, -0.25) is 4.79 Å². The Hall–Kier alpha value is -1.71. The van der Waals surface area contributed by atoms with Crippen LogP contribution in [0.2, 0.25) is 0 Å². The number of benzene rings is 1. The Kier molecular flexibility index (Phi) is 5.48. The molecule has 0 bridgehead atoms. The summed E-state index contributed by atoms with van der Waals surface area (Å²) in [5.74, 6) is 2.01. The first-order valence-corrected chi connectivity index (χ1v) is 7.64. The number of amides is 1. The summed E-state index contributed by atoms with van der Waals surface area (Å²) >= 11 is 0. The lowest BCUT2D eigenvalue weighted by molar-refractivity contribution is -0.121. The monoisotopic (exact) mass is 291 g/mol. The Morgan fingerprint density at radius 3 is 2.57 bits per heavy atom. The summed E-state index contributed by atoms with van der Waals surface area (Å²) in [7, 11) is 3.21. The summed E-state index contributed by atoms with van der Waals surface area (Å²) in [6.45, 7) is 2.22. The maximum Gasteiger partial charge on any atom is 0.224 e.